The topological polar surface area (TPSA) is 20.2 Å². The van der Waals surface area contributed by atoms with Crippen molar-refractivity contribution in [2.24, 2.45) is 5.92 Å². The van der Waals surface area contributed by atoms with E-state index in [4.69, 9.17) is 0 Å². The molecule has 0 aromatic rings. The van der Waals surface area contributed by atoms with Gasteiger partial charge in [-0.05, 0) is 25.7 Å². The van der Waals surface area contributed by atoms with Crippen molar-refractivity contribution in [3.05, 3.63) is 24.3 Å². The zero-order valence-electron chi connectivity index (χ0n) is 9.80. The fourth-order valence-corrected chi connectivity index (χ4v) is 1.80. The average molecular weight is 188 g/mol. The van der Waals surface area contributed by atoms with Gasteiger partial charge < -0.3 is 5.11 Å². The van der Waals surface area contributed by atoms with Crippen LogP contribution in [0.4, 0.5) is 0 Å². The van der Waals surface area contributed by atoms with Crippen LogP contribution in [0.2, 0.25) is 5.11 Å². The molecule has 0 aromatic carbocycles. The third-order valence-electron chi connectivity index (χ3n) is 3.06. The molecule has 0 spiro atoms. The lowest BCUT2D eigenvalue weighted by atomic mass is 9.38. The lowest BCUT2D eigenvalue weighted by Crippen LogP contribution is -2.29. The first-order valence-corrected chi connectivity index (χ1v) is 5.33. The van der Waals surface area contributed by atoms with Gasteiger partial charge in [0.2, 0.25) is 0 Å². The van der Waals surface area contributed by atoms with Gasteiger partial charge in [-0.2, -0.15) is 0 Å². The van der Waals surface area contributed by atoms with E-state index in [1.165, 1.54) is 5.57 Å². The van der Waals surface area contributed by atoms with Gasteiger partial charge in [-0.15, -0.1) is 6.58 Å². The van der Waals surface area contributed by atoms with E-state index in [0.29, 0.717) is 5.92 Å². The summed E-state index contributed by atoms with van der Waals surface area (Å²) in [4.78, 5) is 0. The van der Waals surface area contributed by atoms with E-state index in [9.17, 15) is 5.11 Å². The largest absolute Gasteiger partial charge is 0.386 e. The number of rotatable bonds is 2. The van der Waals surface area contributed by atoms with Crippen molar-refractivity contribution >= 4 is 23.5 Å². The quantitative estimate of drug-likeness (QED) is 0.445. The zero-order chi connectivity index (χ0) is 11.0. The Balaban J connectivity index is 2.71. The third kappa shape index (κ3) is 2.81. The predicted molar refractivity (Wildman–Crippen MR) is 70.0 cm³/mol. The molecular weight excluding hydrogens is 169 g/mol. The summed E-state index contributed by atoms with van der Waals surface area (Å²) in [6.45, 7) is 6.03. The summed E-state index contributed by atoms with van der Waals surface area (Å²) in [6.07, 6.45) is 5.87. The first-order chi connectivity index (χ1) is 6.22. The molecule has 1 aliphatic rings. The maximum atomic E-state index is 9.76. The molecule has 74 valence electrons. The van der Waals surface area contributed by atoms with Crippen LogP contribution in [-0.4, -0.2) is 34.2 Å². The first-order valence-electron chi connectivity index (χ1n) is 5.33. The molecule has 0 bridgehead atoms. The molecule has 1 aliphatic carbocycles. The van der Waals surface area contributed by atoms with Crippen LogP contribution in [0.1, 0.15) is 19.8 Å². The second-order valence-electron chi connectivity index (χ2n) is 5.64. The molecule has 0 aliphatic heterocycles. The van der Waals surface area contributed by atoms with Gasteiger partial charge in [0.15, 0.2) is 0 Å². The van der Waals surface area contributed by atoms with Crippen LogP contribution in [0.3, 0.4) is 0 Å². The molecule has 0 heterocycles. The van der Waals surface area contributed by atoms with Gasteiger partial charge in [-0.1, -0.05) is 22.8 Å². The predicted octanol–water partition coefficient (Wildman–Crippen LogP) is -0.767. The summed E-state index contributed by atoms with van der Waals surface area (Å²) < 4.78 is 0. The van der Waals surface area contributed by atoms with Crippen molar-refractivity contribution in [1.29, 1.82) is 0 Å². The average Bonchev–Trinajstić information content (AvgIpc) is 2.01. The maximum Gasteiger partial charge on any atom is 0.0951 e. The van der Waals surface area contributed by atoms with Gasteiger partial charge in [0, 0.05) is 0 Å². The lowest BCUT2D eigenvalue weighted by Gasteiger charge is -2.33. The third-order valence-corrected chi connectivity index (χ3v) is 3.06. The van der Waals surface area contributed by atoms with Crippen LogP contribution >= 0.6 is 0 Å². The van der Waals surface area contributed by atoms with E-state index in [1.807, 2.05) is 13.0 Å². The van der Waals surface area contributed by atoms with Crippen molar-refractivity contribution in [3.63, 3.8) is 0 Å². The summed E-state index contributed by atoms with van der Waals surface area (Å²) >= 11 is 0. The van der Waals surface area contributed by atoms with Crippen LogP contribution in [-0.2, 0) is 0 Å². The van der Waals surface area contributed by atoms with Gasteiger partial charge in [0.05, 0.1) is 29.1 Å². The second-order valence-corrected chi connectivity index (χ2v) is 5.64. The summed E-state index contributed by atoms with van der Waals surface area (Å²) in [7, 11) is 6.57. The Bertz CT molecular complexity index is 263. The molecule has 2 atom stereocenters. The van der Waals surface area contributed by atoms with Crippen molar-refractivity contribution in [2.45, 2.75) is 30.5 Å². The first kappa shape index (κ1) is 11.7. The zero-order valence-corrected chi connectivity index (χ0v) is 9.80. The van der Waals surface area contributed by atoms with Gasteiger partial charge in [0.25, 0.3) is 0 Å². The van der Waals surface area contributed by atoms with Gasteiger partial charge in [-0.3, -0.25) is 0 Å². The Labute approximate surface area is 89.9 Å². The number of allylic oxidation sites excluding steroid dienone is 2. The highest BCUT2D eigenvalue weighted by molar-refractivity contribution is 6.61. The van der Waals surface area contributed by atoms with Crippen molar-refractivity contribution in [2.75, 3.05) is 0 Å². The Hall–Kier alpha value is -0.365. The van der Waals surface area contributed by atoms with Crippen LogP contribution in [0.15, 0.2) is 24.3 Å². The number of hydrogen-bond donors (Lipinski definition) is 1. The van der Waals surface area contributed by atoms with E-state index >= 15 is 0 Å². The molecule has 1 N–H and O–H groups in total. The molecule has 0 amide bonds. The monoisotopic (exact) mass is 188 g/mol. The van der Waals surface area contributed by atoms with Crippen molar-refractivity contribution < 1.29 is 5.11 Å². The molecule has 0 saturated heterocycles. The Morgan fingerprint density at radius 2 is 2.14 bits per heavy atom. The minimum absolute atomic E-state index is 0.165. The number of hydrogen-bond acceptors (Lipinski definition) is 1. The smallest absolute Gasteiger partial charge is 0.0951 e. The highest BCUT2D eigenvalue weighted by Gasteiger charge is 2.28. The lowest BCUT2D eigenvalue weighted by molar-refractivity contribution is 0.0902. The molecular formula is C10H19B3O. The summed E-state index contributed by atoms with van der Waals surface area (Å²) in [5, 5.41) is 9.93. The van der Waals surface area contributed by atoms with Crippen LogP contribution in [0, 0.1) is 5.92 Å². The van der Waals surface area contributed by atoms with Crippen molar-refractivity contribution in [1.82, 2.24) is 0 Å². The van der Waals surface area contributed by atoms with Crippen LogP contribution < -0.4 is 0 Å². The Morgan fingerprint density at radius 1 is 1.57 bits per heavy atom. The summed E-state index contributed by atoms with van der Waals surface area (Å²) in [6, 6.07) is 0. The molecule has 0 saturated carbocycles. The van der Waals surface area contributed by atoms with E-state index in [1.54, 1.807) is 0 Å². The van der Waals surface area contributed by atoms with E-state index < -0.39 is 5.60 Å². The highest BCUT2D eigenvalue weighted by Crippen LogP contribution is 2.36. The molecule has 1 rings (SSSR count). The number of aliphatic hydroxyl groups is 1. The van der Waals surface area contributed by atoms with E-state index in [0.717, 1.165) is 12.8 Å². The van der Waals surface area contributed by atoms with E-state index in [2.05, 4.69) is 36.2 Å². The Morgan fingerprint density at radius 3 is 2.50 bits per heavy atom. The van der Waals surface area contributed by atoms with Gasteiger partial charge in [0.1, 0.15) is 0 Å². The minimum Gasteiger partial charge on any atom is -0.386 e. The van der Waals surface area contributed by atoms with Crippen LogP contribution in [0.25, 0.3) is 0 Å². The minimum atomic E-state index is -0.603. The molecule has 14 heavy (non-hydrogen) atoms. The molecule has 2 unspecified atom stereocenters. The van der Waals surface area contributed by atoms with Crippen molar-refractivity contribution in [3.8, 4) is 0 Å². The molecule has 0 aromatic heterocycles. The fourth-order valence-electron chi connectivity index (χ4n) is 1.80. The maximum absolute atomic E-state index is 9.76. The molecule has 4 heteroatoms. The summed E-state index contributed by atoms with van der Waals surface area (Å²) in [5.41, 5.74) is 0.665. The second kappa shape index (κ2) is 3.65. The Kier molecular flexibility index (Phi) is 3.06. The molecule has 0 fully saturated rings. The normalized spacial score (nSPS) is 32.9. The molecule has 1 nitrogen and oxygen atoms in total. The highest BCUT2D eigenvalue weighted by atomic mass is 16.3. The van der Waals surface area contributed by atoms with Gasteiger partial charge in [-0.25, -0.2) is 0 Å². The summed E-state index contributed by atoms with van der Waals surface area (Å²) in [5.74, 6) is 0.440. The van der Waals surface area contributed by atoms with Crippen LogP contribution in [0.5, 0.6) is 0 Å². The molecule has 0 radical (unpaired) electrons. The standard InChI is InChI=1S/C10H19B3O/c1-7(10(11,12)13)8-3-5-9(2,14)6-4-8/h3,5,8,14H,1,4,6,11-13H2,2H3. The fraction of sp³-hybridized carbons (Fsp3) is 0.600. The SMILES string of the molecule is BC(B)(B)C(=C)C1C=CC(C)(O)CC1. The van der Waals surface area contributed by atoms with Gasteiger partial charge >= 0.3 is 0 Å². The van der Waals surface area contributed by atoms with E-state index in [-0.39, 0.29) is 5.11 Å².